The van der Waals surface area contributed by atoms with Gasteiger partial charge < -0.3 is 5.32 Å². The fraction of sp³-hybridized carbons (Fsp3) is 0.269. The highest BCUT2D eigenvalue weighted by molar-refractivity contribution is 7.92. The number of carbonyl (C=O) groups is 1. The summed E-state index contributed by atoms with van der Waals surface area (Å²) in [6.45, 7) is 2.47. The van der Waals surface area contributed by atoms with E-state index < -0.39 is 20.0 Å². The van der Waals surface area contributed by atoms with Crippen LogP contribution in [0, 0.1) is 12.8 Å². The second-order valence-corrected chi connectivity index (χ2v) is 13.1. The molecule has 11 heteroatoms. The second kappa shape index (κ2) is 11.2. The summed E-state index contributed by atoms with van der Waals surface area (Å²) in [4.78, 5) is 12.8. The number of nitrogens with one attached hydrogen (secondary N) is 2. The Morgan fingerprint density at radius 2 is 1.59 bits per heavy atom. The number of nitrogens with zero attached hydrogens (tertiary/aromatic N) is 1. The third kappa shape index (κ3) is 7.10. The Morgan fingerprint density at radius 1 is 0.919 bits per heavy atom. The number of piperidine rings is 1. The fourth-order valence-electron chi connectivity index (χ4n) is 4.23. The molecule has 1 amide bonds. The number of benzene rings is 3. The molecule has 3 aromatic carbocycles. The molecule has 1 saturated heterocycles. The first kappa shape index (κ1) is 27.1. The average Bonchev–Trinajstić information content (AvgIpc) is 2.84. The van der Waals surface area contributed by atoms with Crippen molar-refractivity contribution in [3.8, 4) is 0 Å². The average molecular weight is 562 g/mol. The van der Waals surface area contributed by atoms with Crippen LogP contribution >= 0.6 is 11.6 Å². The SMILES string of the molecule is Cc1cccc(CS(=O)(=O)N2CCC(C(=O)Nc3ccc(S(=O)(=O)Nc4cccc(Cl)c4)cc3)CC2)c1. The van der Waals surface area contributed by atoms with Gasteiger partial charge >= 0.3 is 0 Å². The monoisotopic (exact) mass is 561 g/mol. The van der Waals surface area contributed by atoms with E-state index in [0.717, 1.165) is 11.1 Å². The molecule has 0 saturated carbocycles. The van der Waals surface area contributed by atoms with Gasteiger partial charge in [-0.15, -0.1) is 0 Å². The van der Waals surface area contributed by atoms with Gasteiger partial charge in [0.25, 0.3) is 10.0 Å². The van der Waals surface area contributed by atoms with Crippen molar-refractivity contribution in [2.45, 2.75) is 30.4 Å². The molecule has 0 unspecified atom stereocenters. The minimum absolute atomic E-state index is 0.0394. The zero-order valence-electron chi connectivity index (χ0n) is 20.2. The van der Waals surface area contributed by atoms with E-state index in [9.17, 15) is 21.6 Å². The van der Waals surface area contributed by atoms with Crippen LogP contribution in [0.25, 0.3) is 0 Å². The Kier molecular flexibility index (Phi) is 8.23. The van der Waals surface area contributed by atoms with Gasteiger partial charge in [-0.2, -0.15) is 0 Å². The maximum absolute atomic E-state index is 12.8. The predicted octanol–water partition coefficient (Wildman–Crippen LogP) is 4.63. The first-order valence-electron chi connectivity index (χ1n) is 11.7. The lowest BCUT2D eigenvalue weighted by atomic mass is 9.97. The molecule has 1 aliphatic heterocycles. The van der Waals surface area contributed by atoms with E-state index in [0.29, 0.717) is 29.2 Å². The number of amides is 1. The third-order valence-electron chi connectivity index (χ3n) is 6.16. The Hall–Kier alpha value is -2.92. The molecule has 0 radical (unpaired) electrons. The molecular formula is C26H28ClN3O5S2. The van der Waals surface area contributed by atoms with E-state index in [1.165, 1.54) is 34.6 Å². The van der Waals surface area contributed by atoms with Crippen LogP contribution in [0.4, 0.5) is 11.4 Å². The molecule has 196 valence electrons. The van der Waals surface area contributed by atoms with Gasteiger partial charge in [0.05, 0.1) is 16.3 Å². The minimum atomic E-state index is -3.82. The molecule has 1 heterocycles. The molecular weight excluding hydrogens is 534 g/mol. The zero-order chi connectivity index (χ0) is 26.6. The third-order valence-corrected chi connectivity index (χ3v) is 9.64. The van der Waals surface area contributed by atoms with Crippen LogP contribution < -0.4 is 10.0 Å². The molecule has 2 N–H and O–H groups in total. The number of hydrogen-bond acceptors (Lipinski definition) is 5. The highest BCUT2D eigenvalue weighted by Gasteiger charge is 2.31. The topological polar surface area (TPSA) is 113 Å². The first-order chi connectivity index (χ1) is 17.5. The molecule has 3 aromatic rings. The molecule has 0 aromatic heterocycles. The van der Waals surface area contributed by atoms with Crippen LogP contribution in [0.3, 0.4) is 0 Å². The molecule has 8 nitrogen and oxygen atoms in total. The number of anilines is 2. The smallest absolute Gasteiger partial charge is 0.261 e. The maximum Gasteiger partial charge on any atom is 0.261 e. The maximum atomic E-state index is 12.8. The van der Waals surface area contributed by atoms with Gasteiger partial charge in [-0.25, -0.2) is 21.1 Å². The van der Waals surface area contributed by atoms with Crippen molar-refractivity contribution in [1.82, 2.24) is 4.31 Å². The summed E-state index contributed by atoms with van der Waals surface area (Å²) in [6, 6.07) is 19.7. The Balaban J connectivity index is 1.31. The first-order valence-corrected chi connectivity index (χ1v) is 15.2. The number of rotatable bonds is 8. The number of carbonyl (C=O) groups excluding carboxylic acids is 1. The van der Waals surface area contributed by atoms with Crippen LogP contribution in [0.1, 0.15) is 24.0 Å². The zero-order valence-corrected chi connectivity index (χ0v) is 22.6. The minimum Gasteiger partial charge on any atom is -0.326 e. The number of halogens is 1. The fourth-order valence-corrected chi connectivity index (χ4v) is 7.02. The Labute approximate surface area is 222 Å². The number of hydrogen-bond donors (Lipinski definition) is 2. The molecule has 0 bridgehead atoms. The quantitative estimate of drug-likeness (QED) is 0.416. The van der Waals surface area contributed by atoms with E-state index in [-0.39, 0.29) is 35.6 Å². The van der Waals surface area contributed by atoms with Crippen LogP contribution in [0.15, 0.2) is 77.7 Å². The predicted molar refractivity (Wildman–Crippen MR) is 145 cm³/mol. The summed E-state index contributed by atoms with van der Waals surface area (Å²) in [5.74, 6) is -0.616. The summed E-state index contributed by atoms with van der Waals surface area (Å²) in [7, 11) is -7.30. The van der Waals surface area contributed by atoms with E-state index in [1.807, 2.05) is 25.1 Å². The largest absolute Gasteiger partial charge is 0.326 e. The summed E-state index contributed by atoms with van der Waals surface area (Å²) in [6.07, 6.45) is 0.823. The van der Waals surface area contributed by atoms with Gasteiger partial charge in [-0.3, -0.25) is 9.52 Å². The molecule has 0 spiro atoms. The van der Waals surface area contributed by atoms with Gasteiger partial charge in [0.15, 0.2) is 0 Å². The van der Waals surface area contributed by atoms with Gasteiger partial charge in [0, 0.05) is 29.7 Å². The van der Waals surface area contributed by atoms with Gasteiger partial charge in [0.2, 0.25) is 15.9 Å². The lowest BCUT2D eigenvalue weighted by molar-refractivity contribution is -0.120. The lowest BCUT2D eigenvalue weighted by Crippen LogP contribution is -2.41. The summed E-state index contributed by atoms with van der Waals surface area (Å²) in [5.41, 5.74) is 2.55. The van der Waals surface area contributed by atoms with E-state index in [2.05, 4.69) is 10.0 Å². The van der Waals surface area contributed by atoms with Crippen molar-refractivity contribution in [3.63, 3.8) is 0 Å². The van der Waals surface area contributed by atoms with Crippen LogP contribution in [0.2, 0.25) is 5.02 Å². The van der Waals surface area contributed by atoms with Gasteiger partial charge in [-0.1, -0.05) is 47.5 Å². The van der Waals surface area contributed by atoms with Crippen molar-refractivity contribution in [2.24, 2.45) is 5.92 Å². The molecule has 1 aliphatic rings. The van der Waals surface area contributed by atoms with E-state index in [1.54, 1.807) is 24.3 Å². The summed E-state index contributed by atoms with van der Waals surface area (Å²) >= 11 is 5.91. The van der Waals surface area contributed by atoms with Gasteiger partial charge in [-0.05, 0) is 67.8 Å². The standard InChI is InChI=1S/C26H28ClN3O5S2/c1-19-4-2-5-20(16-19)18-36(32,33)30-14-12-21(13-15-30)26(31)28-23-8-10-25(11-9-23)37(34,35)29-24-7-3-6-22(27)17-24/h2-11,16-17,21,29H,12-15,18H2,1H3,(H,28,31). The molecule has 37 heavy (non-hydrogen) atoms. The highest BCUT2D eigenvalue weighted by atomic mass is 35.5. The molecule has 0 atom stereocenters. The Bertz CT molecular complexity index is 1480. The molecule has 4 rings (SSSR count). The van der Waals surface area contributed by atoms with Crippen LogP contribution in [-0.2, 0) is 30.6 Å². The van der Waals surface area contributed by atoms with Crippen molar-refractivity contribution in [2.75, 3.05) is 23.1 Å². The summed E-state index contributed by atoms with van der Waals surface area (Å²) in [5, 5.41) is 3.22. The highest BCUT2D eigenvalue weighted by Crippen LogP contribution is 2.25. The van der Waals surface area contributed by atoms with Gasteiger partial charge in [0.1, 0.15) is 0 Å². The van der Waals surface area contributed by atoms with E-state index in [4.69, 9.17) is 11.6 Å². The Morgan fingerprint density at radius 3 is 2.24 bits per heavy atom. The number of aryl methyl sites for hydroxylation is 1. The van der Waals surface area contributed by atoms with Crippen molar-refractivity contribution in [3.05, 3.63) is 88.9 Å². The van der Waals surface area contributed by atoms with Crippen molar-refractivity contribution < 1.29 is 21.6 Å². The van der Waals surface area contributed by atoms with Crippen molar-refractivity contribution >= 4 is 48.9 Å². The second-order valence-electron chi connectivity index (χ2n) is 9.05. The number of sulfonamides is 2. The molecule has 1 fully saturated rings. The van der Waals surface area contributed by atoms with Crippen LogP contribution in [0.5, 0.6) is 0 Å². The summed E-state index contributed by atoms with van der Waals surface area (Å²) < 4.78 is 54.9. The van der Waals surface area contributed by atoms with E-state index >= 15 is 0 Å². The van der Waals surface area contributed by atoms with Crippen molar-refractivity contribution in [1.29, 1.82) is 0 Å². The van der Waals surface area contributed by atoms with Crippen LogP contribution in [-0.4, -0.2) is 40.1 Å². The molecule has 0 aliphatic carbocycles. The normalized spacial score (nSPS) is 15.3. The lowest BCUT2D eigenvalue weighted by Gasteiger charge is -2.30.